The number of nitrogens with one attached hydrogen (secondary N) is 1. The maximum absolute atomic E-state index is 13.7. The molecule has 4 heterocycles. The summed E-state index contributed by atoms with van der Waals surface area (Å²) in [7, 11) is 1.54. The molecule has 38 heavy (non-hydrogen) atoms. The van der Waals surface area contributed by atoms with E-state index in [1.54, 1.807) is 25.1 Å². The Labute approximate surface area is 215 Å². The molecule has 0 bridgehead atoms. The van der Waals surface area contributed by atoms with Crippen molar-refractivity contribution in [3.63, 3.8) is 0 Å². The average Bonchev–Trinajstić information content (AvgIpc) is 3.38. The molecule has 6 rings (SSSR count). The molecule has 3 aliphatic rings. The lowest BCUT2D eigenvalue weighted by Crippen LogP contribution is -2.47. The van der Waals surface area contributed by atoms with E-state index in [0.29, 0.717) is 23.5 Å². The van der Waals surface area contributed by atoms with Crippen molar-refractivity contribution in [2.24, 2.45) is 0 Å². The molecule has 3 atom stereocenters. The lowest BCUT2D eigenvalue weighted by Gasteiger charge is -2.34. The van der Waals surface area contributed by atoms with Gasteiger partial charge >= 0.3 is 6.29 Å². The highest BCUT2D eigenvalue weighted by Gasteiger charge is 2.49. The Bertz CT molecular complexity index is 1490. The number of carbonyl (C=O) groups is 1. The third-order valence-electron chi connectivity index (χ3n) is 6.97. The molecule has 1 amide bonds. The molecular formula is C26H23F2N3O7. The van der Waals surface area contributed by atoms with Crippen LogP contribution in [-0.4, -0.2) is 41.8 Å². The normalized spacial score (nSPS) is 24.0. The number of amides is 1. The lowest BCUT2D eigenvalue weighted by atomic mass is 9.82. The van der Waals surface area contributed by atoms with Crippen molar-refractivity contribution < 1.29 is 37.3 Å². The first-order valence-corrected chi connectivity index (χ1v) is 11.9. The first-order chi connectivity index (χ1) is 18.1. The van der Waals surface area contributed by atoms with E-state index in [9.17, 15) is 18.4 Å². The predicted molar refractivity (Wildman–Crippen MR) is 127 cm³/mol. The number of benzene rings is 2. The standard InChI is InChI=1S/C26H23F2N3O7/c1-25(13-35-20-11-22-21(10-17(20)25)37-26(27,28)38-22)24(33)30-18-8-15(12-31-23(32)4-3-7-29-31)36-19-9-14(34-2)5-6-16(18)19/h3-7,9-11,15,18H,8,12-13H2,1-2H3,(H,30,33)/t15-,18-,25+/m1/s1. The summed E-state index contributed by atoms with van der Waals surface area (Å²) in [6.07, 6.45) is -2.40. The molecule has 0 saturated carbocycles. The minimum atomic E-state index is -3.78. The van der Waals surface area contributed by atoms with Gasteiger partial charge in [0.1, 0.15) is 35.4 Å². The molecule has 3 aromatic rings. The number of ether oxygens (including phenoxy) is 5. The van der Waals surface area contributed by atoms with Gasteiger partial charge in [-0.2, -0.15) is 5.10 Å². The first kappa shape index (κ1) is 24.0. The Hall–Kier alpha value is -4.35. The summed E-state index contributed by atoms with van der Waals surface area (Å²) < 4.78 is 54.8. The van der Waals surface area contributed by atoms with Gasteiger partial charge in [-0.3, -0.25) is 9.59 Å². The molecule has 0 aliphatic carbocycles. The number of nitrogens with zero attached hydrogens (tertiary/aromatic N) is 2. The largest absolute Gasteiger partial charge is 0.586 e. The van der Waals surface area contributed by atoms with Gasteiger partial charge in [-0.1, -0.05) is 0 Å². The molecule has 0 fully saturated rings. The second-order valence-electron chi connectivity index (χ2n) is 9.53. The summed E-state index contributed by atoms with van der Waals surface area (Å²) in [5.41, 5.74) is -0.320. The molecule has 198 valence electrons. The minimum Gasteiger partial charge on any atom is -0.497 e. The number of hydrogen-bond donors (Lipinski definition) is 1. The highest BCUT2D eigenvalue weighted by molar-refractivity contribution is 5.90. The van der Waals surface area contributed by atoms with E-state index in [1.165, 1.54) is 36.2 Å². The maximum atomic E-state index is 13.7. The summed E-state index contributed by atoms with van der Waals surface area (Å²) in [6.45, 7) is 1.84. The van der Waals surface area contributed by atoms with E-state index >= 15 is 0 Å². The van der Waals surface area contributed by atoms with Gasteiger partial charge in [0, 0.05) is 41.9 Å². The molecule has 2 aromatic carbocycles. The predicted octanol–water partition coefficient (Wildman–Crippen LogP) is 2.93. The van der Waals surface area contributed by atoms with Crippen molar-refractivity contribution in [3.8, 4) is 28.7 Å². The highest BCUT2D eigenvalue weighted by atomic mass is 19.3. The quantitative estimate of drug-likeness (QED) is 0.540. The van der Waals surface area contributed by atoms with Gasteiger partial charge in [-0.15, -0.1) is 8.78 Å². The van der Waals surface area contributed by atoms with Gasteiger partial charge in [0.2, 0.25) is 5.91 Å². The number of methoxy groups -OCH3 is 1. The molecule has 1 aromatic heterocycles. The number of hydrogen-bond acceptors (Lipinski definition) is 8. The number of rotatable bonds is 5. The lowest BCUT2D eigenvalue weighted by molar-refractivity contribution is -0.286. The van der Waals surface area contributed by atoms with Crippen LogP contribution in [0.2, 0.25) is 0 Å². The fraction of sp³-hybridized carbons (Fsp3) is 0.346. The zero-order chi connectivity index (χ0) is 26.7. The molecule has 10 nitrogen and oxygen atoms in total. The van der Waals surface area contributed by atoms with Crippen LogP contribution in [0.5, 0.6) is 28.7 Å². The number of halogens is 2. The third kappa shape index (κ3) is 4.05. The van der Waals surface area contributed by atoms with Crippen LogP contribution in [0.3, 0.4) is 0 Å². The van der Waals surface area contributed by atoms with Crippen molar-refractivity contribution in [2.75, 3.05) is 13.7 Å². The molecule has 0 saturated heterocycles. The van der Waals surface area contributed by atoms with Gasteiger partial charge in [-0.05, 0) is 31.2 Å². The van der Waals surface area contributed by atoms with Gasteiger partial charge in [0.25, 0.3) is 5.56 Å². The Morgan fingerprint density at radius 1 is 1.16 bits per heavy atom. The molecule has 0 unspecified atom stereocenters. The maximum Gasteiger partial charge on any atom is 0.586 e. The summed E-state index contributed by atoms with van der Waals surface area (Å²) in [5.74, 6) is 0.661. The Morgan fingerprint density at radius 3 is 2.71 bits per heavy atom. The van der Waals surface area contributed by atoms with Gasteiger partial charge in [0.05, 0.1) is 19.7 Å². The molecule has 0 spiro atoms. The second-order valence-corrected chi connectivity index (χ2v) is 9.53. The van der Waals surface area contributed by atoms with Crippen LogP contribution in [0.25, 0.3) is 0 Å². The summed E-state index contributed by atoms with van der Waals surface area (Å²) in [5, 5.41) is 7.19. The van der Waals surface area contributed by atoms with E-state index in [1.807, 2.05) is 6.07 Å². The monoisotopic (exact) mass is 527 g/mol. The van der Waals surface area contributed by atoms with Crippen molar-refractivity contribution in [2.45, 2.75) is 43.7 Å². The molecule has 1 N–H and O–H groups in total. The van der Waals surface area contributed by atoms with Gasteiger partial charge in [-0.25, -0.2) is 4.68 Å². The van der Waals surface area contributed by atoms with E-state index in [4.69, 9.17) is 14.2 Å². The molecule has 0 radical (unpaired) electrons. The number of alkyl halides is 2. The van der Waals surface area contributed by atoms with E-state index in [0.717, 1.165) is 5.56 Å². The average molecular weight is 527 g/mol. The Morgan fingerprint density at radius 2 is 1.95 bits per heavy atom. The third-order valence-corrected chi connectivity index (χ3v) is 6.97. The number of aromatic nitrogens is 2. The van der Waals surface area contributed by atoms with Crippen LogP contribution in [0, 0.1) is 0 Å². The number of fused-ring (bicyclic) bond motifs is 3. The van der Waals surface area contributed by atoms with Crippen LogP contribution in [0.15, 0.2) is 53.5 Å². The Balaban J connectivity index is 1.29. The second kappa shape index (κ2) is 8.61. The number of carbonyl (C=O) groups excluding carboxylic acids is 1. The van der Waals surface area contributed by atoms with Crippen LogP contribution >= 0.6 is 0 Å². The van der Waals surface area contributed by atoms with Crippen molar-refractivity contribution >= 4 is 5.91 Å². The van der Waals surface area contributed by atoms with Crippen molar-refractivity contribution in [3.05, 3.63) is 70.1 Å². The first-order valence-electron chi connectivity index (χ1n) is 11.9. The van der Waals surface area contributed by atoms with Gasteiger partial charge < -0.3 is 29.0 Å². The molecular weight excluding hydrogens is 504 g/mol. The minimum absolute atomic E-state index is 0.00109. The molecule has 3 aliphatic heterocycles. The van der Waals surface area contributed by atoms with E-state index in [-0.39, 0.29) is 41.9 Å². The summed E-state index contributed by atoms with van der Waals surface area (Å²) in [6, 6.07) is 10.4. The molecule has 12 heteroatoms. The smallest absolute Gasteiger partial charge is 0.497 e. The summed E-state index contributed by atoms with van der Waals surface area (Å²) >= 11 is 0. The SMILES string of the molecule is COc1ccc2c(c1)O[C@@H](Cn1ncccc1=O)C[C@H]2NC(=O)[C@@]1(C)COc2cc3c(cc21)OC(F)(F)O3. The van der Waals surface area contributed by atoms with Crippen LogP contribution in [-0.2, 0) is 16.8 Å². The Kier molecular flexibility index (Phi) is 5.44. The fourth-order valence-corrected chi connectivity index (χ4v) is 4.95. The fourth-order valence-electron chi connectivity index (χ4n) is 4.95. The van der Waals surface area contributed by atoms with Crippen LogP contribution < -0.4 is 34.6 Å². The van der Waals surface area contributed by atoms with Crippen LogP contribution in [0.1, 0.15) is 30.5 Å². The van der Waals surface area contributed by atoms with E-state index < -0.39 is 23.9 Å². The zero-order valence-electron chi connectivity index (χ0n) is 20.4. The van der Waals surface area contributed by atoms with Crippen molar-refractivity contribution in [1.29, 1.82) is 0 Å². The zero-order valence-corrected chi connectivity index (χ0v) is 20.4. The van der Waals surface area contributed by atoms with Gasteiger partial charge in [0.15, 0.2) is 11.5 Å². The summed E-state index contributed by atoms with van der Waals surface area (Å²) in [4.78, 5) is 26.0. The topological polar surface area (TPSA) is 110 Å². The van der Waals surface area contributed by atoms with Crippen molar-refractivity contribution in [1.82, 2.24) is 15.1 Å². The van der Waals surface area contributed by atoms with Crippen LogP contribution in [0.4, 0.5) is 8.78 Å². The van der Waals surface area contributed by atoms with E-state index in [2.05, 4.69) is 19.9 Å². The highest BCUT2D eigenvalue weighted by Crippen LogP contribution is 2.50.